The molecule has 2 heterocycles. The highest BCUT2D eigenvalue weighted by molar-refractivity contribution is 14.0. The van der Waals surface area contributed by atoms with Crippen LogP contribution in [0.1, 0.15) is 25.5 Å². The van der Waals surface area contributed by atoms with Crippen molar-refractivity contribution in [2.24, 2.45) is 22.6 Å². The highest BCUT2D eigenvalue weighted by Gasteiger charge is 2.17. The number of likely N-dealkylation sites (tertiary alicyclic amines) is 1. The molecule has 1 aromatic heterocycles. The van der Waals surface area contributed by atoms with E-state index >= 15 is 0 Å². The van der Waals surface area contributed by atoms with Crippen LogP contribution in [-0.2, 0) is 6.42 Å². The highest BCUT2D eigenvalue weighted by Crippen LogP contribution is 2.15. The van der Waals surface area contributed by atoms with Crippen molar-refractivity contribution in [1.29, 1.82) is 0 Å². The average Bonchev–Trinajstić information content (AvgIpc) is 2.52. The zero-order chi connectivity index (χ0) is 15.1. The van der Waals surface area contributed by atoms with Crippen LogP contribution in [0, 0.1) is 11.8 Å². The van der Waals surface area contributed by atoms with E-state index in [1.807, 2.05) is 18.2 Å². The fraction of sp³-hybridized carbons (Fsp3) is 0.625. The van der Waals surface area contributed by atoms with Crippen LogP contribution in [-0.4, -0.2) is 47.2 Å². The Morgan fingerprint density at radius 3 is 2.77 bits per heavy atom. The first-order valence-corrected chi connectivity index (χ1v) is 7.74. The molecule has 124 valence electrons. The minimum absolute atomic E-state index is 0. The van der Waals surface area contributed by atoms with Gasteiger partial charge in [0.15, 0.2) is 5.96 Å². The van der Waals surface area contributed by atoms with Crippen molar-refractivity contribution in [2.45, 2.75) is 26.2 Å². The molecule has 6 heteroatoms. The van der Waals surface area contributed by atoms with Crippen LogP contribution < -0.4 is 5.73 Å². The highest BCUT2D eigenvalue weighted by atomic mass is 127. The van der Waals surface area contributed by atoms with E-state index in [4.69, 9.17) is 5.73 Å². The number of nitrogens with zero attached hydrogens (tertiary/aromatic N) is 3. The van der Waals surface area contributed by atoms with Gasteiger partial charge < -0.3 is 15.7 Å². The predicted octanol–water partition coefficient (Wildman–Crippen LogP) is 1.90. The normalized spacial score (nSPS) is 17.9. The van der Waals surface area contributed by atoms with E-state index in [0.717, 1.165) is 31.1 Å². The van der Waals surface area contributed by atoms with Crippen molar-refractivity contribution in [3.63, 3.8) is 0 Å². The van der Waals surface area contributed by atoms with Gasteiger partial charge in [0, 0.05) is 44.0 Å². The van der Waals surface area contributed by atoms with E-state index in [1.54, 1.807) is 6.20 Å². The number of aliphatic hydroxyl groups is 1. The van der Waals surface area contributed by atoms with Gasteiger partial charge in [0.1, 0.15) is 0 Å². The van der Waals surface area contributed by atoms with Gasteiger partial charge in [-0.3, -0.25) is 9.98 Å². The maximum atomic E-state index is 9.49. The van der Waals surface area contributed by atoms with Gasteiger partial charge in [0.25, 0.3) is 0 Å². The molecule has 1 aromatic rings. The third-order valence-electron chi connectivity index (χ3n) is 4.10. The van der Waals surface area contributed by atoms with Crippen LogP contribution in [0.2, 0.25) is 0 Å². The van der Waals surface area contributed by atoms with Gasteiger partial charge in [-0.15, -0.1) is 24.0 Å². The summed E-state index contributed by atoms with van der Waals surface area (Å²) in [6.45, 7) is 4.90. The van der Waals surface area contributed by atoms with E-state index in [1.165, 1.54) is 12.8 Å². The fourth-order valence-corrected chi connectivity index (χ4v) is 2.56. The minimum Gasteiger partial charge on any atom is -0.396 e. The van der Waals surface area contributed by atoms with Gasteiger partial charge in [-0.1, -0.05) is 13.0 Å². The molecule has 22 heavy (non-hydrogen) atoms. The van der Waals surface area contributed by atoms with Crippen molar-refractivity contribution in [3.8, 4) is 0 Å². The summed E-state index contributed by atoms with van der Waals surface area (Å²) in [4.78, 5) is 10.9. The van der Waals surface area contributed by atoms with Crippen LogP contribution in [0.15, 0.2) is 29.4 Å². The minimum atomic E-state index is 0. The van der Waals surface area contributed by atoms with Crippen molar-refractivity contribution in [2.75, 3.05) is 26.2 Å². The molecule has 5 nitrogen and oxygen atoms in total. The lowest BCUT2D eigenvalue weighted by atomic mass is 10.00. The Kier molecular flexibility index (Phi) is 8.70. The number of aliphatic hydroxyl groups excluding tert-OH is 1. The number of aromatic nitrogens is 1. The molecule has 1 aliphatic rings. The van der Waals surface area contributed by atoms with Crippen LogP contribution in [0.3, 0.4) is 0 Å². The lowest BCUT2D eigenvalue weighted by Crippen LogP contribution is -2.42. The number of hydrogen-bond acceptors (Lipinski definition) is 3. The Hall–Kier alpha value is -0.890. The molecule has 1 saturated heterocycles. The number of hydrogen-bond donors (Lipinski definition) is 2. The summed E-state index contributed by atoms with van der Waals surface area (Å²) >= 11 is 0. The number of nitrogens with two attached hydrogens (primary N) is 1. The Bertz CT molecular complexity index is 447. The molecule has 0 saturated carbocycles. The summed E-state index contributed by atoms with van der Waals surface area (Å²) in [6, 6.07) is 5.83. The smallest absolute Gasteiger partial charge is 0.191 e. The Balaban J connectivity index is 0.00000242. The monoisotopic (exact) mass is 418 g/mol. The maximum absolute atomic E-state index is 9.49. The van der Waals surface area contributed by atoms with E-state index in [9.17, 15) is 5.11 Å². The second-order valence-corrected chi connectivity index (χ2v) is 5.94. The first kappa shape index (κ1) is 19.2. The zero-order valence-electron chi connectivity index (χ0n) is 13.2. The van der Waals surface area contributed by atoms with E-state index in [2.05, 4.69) is 21.8 Å². The second-order valence-electron chi connectivity index (χ2n) is 5.94. The lowest BCUT2D eigenvalue weighted by Gasteiger charge is -2.31. The summed E-state index contributed by atoms with van der Waals surface area (Å²) in [7, 11) is 0. The molecule has 1 fully saturated rings. The number of halogens is 1. The zero-order valence-corrected chi connectivity index (χ0v) is 15.5. The first-order chi connectivity index (χ1) is 10.2. The van der Waals surface area contributed by atoms with Crippen molar-refractivity contribution in [1.82, 2.24) is 9.88 Å². The number of piperidine rings is 1. The quantitative estimate of drug-likeness (QED) is 0.435. The molecule has 0 spiro atoms. The summed E-state index contributed by atoms with van der Waals surface area (Å²) in [5.41, 5.74) is 7.05. The third-order valence-corrected chi connectivity index (χ3v) is 4.10. The lowest BCUT2D eigenvalue weighted by molar-refractivity contribution is 0.228. The van der Waals surface area contributed by atoms with Gasteiger partial charge in [-0.2, -0.15) is 0 Å². The maximum Gasteiger partial charge on any atom is 0.191 e. The summed E-state index contributed by atoms with van der Waals surface area (Å²) in [5, 5.41) is 9.49. The Morgan fingerprint density at radius 2 is 2.18 bits per heavy atom. The van der Waals surface area contributed by atoms with Crippen LogP contribution in [0.4, 0.5) is 0 Å². The van der Waals surface area contributed by atoms with Gasteiger partial charge >= 0.3 is 0 Å². The summed E-state index contributed by atoms with van der Waals surface area (Å²) in [5.74, 6) is 1.46. The molecule has 1 atom stereocenters. The number of aliphatic imine (C=N–C) groups is 1. The summed E-state index contributed by atoms with van der Waals surface area (Å²) < 4.78 is 0. The number of pyridine rings is 1. The predicted molar refractivity (Wildman–Crippen MR) is 100 cm³/mol. The molecule has 0 radical (unpaired) electrons. The van der Waals surface area contributed by atoms with Crippen LogP contribution >= 0.6 is 24.0 Å². The van der Waals surface area contributed by atoms with Crippen molar-refractivity contribution < 1.29 is 5.11 Å². The van der Waals surface area contributed by atoms with Crippen LogP contribution in [0.5, 0.6) is 0 Å². The molecule has 0 bridgehead atoms. The average molecular weight is 418 g/mol. The Morgan fingerprint density at radius 1 is 1.45 bits per heavy atom. The first-order valence-electron chi connectivity index (χ1n) is 7.74. The molecule has 0 amide bonds. The van der Waals surface area contributed by atoms with Crippen molar-refractivity contribution >= 4 is 29.9 Å². The molecule has 2 rings (SSSR count). The Labute approximate surface area is 150 Å². The molecular formula is C16H27IN4O. The van der Waals surface area contributed by atoms with Gasteiger partial charge in [-0.25, -0.2) is 0 Å². The van der Waals surface area contributed by atoms with E-state index in [-0.39, 0.29) is 36.5 Å². The van der Waals surface area contributed by atoms with E-state index in [0.29, 0.717) is 12.5 Å². The topological polar surface area (TPSA) is 74.7 Å². The number of guanidine groups is 1. The van der Waals surface area contributed by atoms with Crippen LogP contribution in [0.25, 0.3) is 0 Å². The van der Waals surface area contributed by atoms with Gasteiger partial charge in [0.2, 0.25) is 0 Å². The fourth-order valence-electron chi connectivity index (χ4n) is 2.56. The molecule has 1 unspecified atom stereocenters. The largest absolute Gasteiger partial charge is 0.396 e. The second kappa shape index (κ2) is 9.99. The SMILES string of the molecule is CC1CCN(C(N)=NCC(CO)Cc2ccccn2)CC1.I. The molecular weight excluding hydrogens is 391 g/mol. The molecule has 0 aromatic carbocycles. The van der Waals surface area contributed by atoms with Crippen molar-refractivity contribution in [3.05, 3.63) is 30.1 Å². The van der Waals surface area contributed by atoms with E-state index < -0.39 is 0 Å². The standard InChI is InChI=1S/C16H26N4O.HI/c1-13-5-8-20(9-6-13)16(17)19-11-14(12-21)10-15-4-2-3-7-18-15;/h2-4,7,13-14,21H,5-6,8-12H2,1H3,(H2,17,19);1H. The molecule has 3 N–H and O–H groups in total. The van der Waals surface area contributed by atoms with Gasteiger partial charge in [-0.05, 0) is 37.3 Å². The van der Waals surface area contributed by atoms with Gasteiger partial charge in [0.05, 0.1) is 0 Å². The molecule has 1 aliphatic heterocycles. The third kappa shape index (κ3) is 6.08. The summed E-state index contributed by atoms with van der Waals surface area (Å²) in [6.07, 6.45) is 4.85. The molecule has 0 aliphatic carbocycles. The number of rotatable bonds is 5.